The Balaban J connectivity index is 1.73. The van der Waals surface area contributed by atoms with Gasteiger partial charge in [0.25, 0.3) is 0 Å². The first-order chi connectivity index (χ1) is 15.2. The number of para-hydroxylation sites is 1. The van der Waals surface area contributed by atoms with Crippen LogP contribution in [0.1, 0.15) is 18.4 Å². The molecule has 172 valence electrons. The molecule has 12 heteroatoms. The number of benzene rings is 1. The van der Waals surface area contributed by atoms with Gasteiger partial charge in [0.05, 0.1) is 19.1 Å². The number of fused-ring (bicyclic) bond motifs is 1. The van der Waals surface area contributed by atoms with Gasteiger partial charge in [-0.15, -0.1) is 0 Å². The Morgan fingerprint density at radius 1 is 1.00 bits per heavy atom. The number of carbonyl (C=O) groups is 5. The maximum absolute atomic E-state index is 12.2. The van der Waals surface area contributed by atoms with Gasteiger partial charge in [-0.2, -0.15) is 0 Å². The molecule has 0 aliphatic carbocycles. The number of nitrogens with one attached hydrogen (secondary N) is 4. The summed E-state index contributed by atoms with van der Waals surface area (Å²) in [6.07, 6.45) is 1.29. The highest BCUT2D eigenvalue weighted by atomic mass is 16.4. The van der Waals surface area contributed by atoms with Crippen LogP contribution < -0.4 is 21.7 Å². The first-order valence-corrected chi connectivity index (χ1v) is 9.76. The number of aromatic amines is 1. The number of H-pyrrole nitrogens is 1. The molecule has 3 amide bonds. The van der Waals surface area contributed by atoms with Crippen molar-refractivity contribution in [3.8, 4) is 0 Å². The minimum atomic E-state index is -1.39. The first-order valence-electron chi connectivity index (χ1n) is 9.76. The highest BCUT2D eigenvalue weighted by molar-refractivity contribution is 5.91. The van der Waals surface area contributed by atoms with E-state index in [-0.39, 0.29) is 12.8 Å². The molecule has 0 bridgehead atoms. The zero-order valence-corrected chi connectivity index (χ0v) is 17.1. The fourth-order valence-corrected chi connectivity index (χ4v) is 2.94. The van der Waals surface area contributed by atoms with Crippen LogP contribution in [0.2, 0.25) is 0 Å². The van der Waals surface area contributed by atoms with Gasteiger partial charge in [0, 0.05) is 23.5 Å². The van der Waals surface area contributed by atoms with Gasteiger partial charge in [-0.05, 0) is 24.5 Å². The number of rotatable bonds is 12. The SMILES string of the molecule is NC(Cc1c[nH]c2ccccc12)C(=O)NCC(=O)NCC(=O)NC(CCC(=O)O)C(=O)O. The Morgan fingerprint density at radius 3 is 2.38 bits per heavy atom. The number of hydrogen-bond donors (Lipinski definition) is 7. The van der Waals surface area contributed by atoms with Crippen molar-refractivity contribution in [2.75, 3.05) is 13.1 Å². The quantitative estimate of drug-likeness (QED) is 0.208. The van der Waals surface area contributed by atoms with Crippen LogP contribution in [0.15, 0.2) is 30.5 Å². The Kier molecular flexibility index (Phi) is 8.72. The highest BCUT2D eigenvalue weighted by Crippen LogP contribution is 2.18. The van der Waals surface area contributed by atoms with Crippen LogP contribution >= 0.6 is 0 Å². The molecule has 0 aliphatic heterocycles. The highest BCUT2D eigenvalue weighted by Gasteiger charge is 2.21. The van der Waals surface area contributed by atoms with Crippen molar-refractivity contribution in [2.45, 2.75) is 31.3 Å². The molecule has 1 heterocycles. The normalized spacial score (nSPS) is 12.5. The van der Waals surface area contributed by atoms with Gasteiger partial charge in [0.15, 0.2) is 0 Å². The Labute approximate surface area is 182 Å². The number of carboxylic acids is 2. The Hall–Kier alpha value is -3.93. The van der Waals surface area contributed by atoms with Crippen LogP contribution in [0, 0.1) is 0 Å². The second kappa shape index (κ2) is 11.5. The summed E-state index contributed by atoms with van der Waals surface area (Å²) < 4.78 is 0. The van der Waals surface area contributed by atoms with Crippen molar-refractivity contribution in [1.82, 2.24) is 20.9 Å². The lowest BCUT2D eigenvalue weighted by Crippen LogP contribution is -2.48. The minimum absolute atomic E-state index is 0.257. The van der Waals surface area contributed by atoms with Crippen molar-refractivity contribution in [3.63, 3.8) is 0 Å². The number of carbonyl (C=O) groups excluding carboxylic acids is 3. The van der Waals surface area contributed by atoms with E-state index in [0.29, 0.717) is 0 Å². The molecule has 0 radical (unpaired) electrons. The summed E-state index contributed by atoms with van der Waals surface area (Å²) in [7, 11) is 0. The van der Waals surface area contributed by atoms with Gasteiger partial charge in [0.1, 0.15) is 6.04 Å². The predicted molar refractivity (Wildman–Crippen MR) is 112 cm³/mol. The second-order valence-electron chi connectivity index (χ2n) is 7.06. The number of aliphatic carboxylic acids is 2. The van der Waals surface area contributed by atoms with Crippen molar-refractivity contribution >= 4 is 40.6 Å². The average molecular weight is 447 g/mol. The zero-order valence-electron chi connectivity index (χ0n) is 17.1. The summed E-state index contributed by atoms with van der Waals surface area (Å²) in [6, 6.07) is 5.27. The molecule has 2 unspecified atom stereocenters. The van der Waals surface area contributed by atoms with Crippen molar-refractivity contribution in [2.24, 2.45) is 5.73 Å². The monoisotopic (exact) mass is 447 g/mol. The maximum atomic E-state index is 12.2. The van der Waals surface area contributed by atoms with Gasteiger partial charge < -0.3 is 36.9 Å². The minimum Gasteiger partial charge on any atom is -0.481 e. The number of hydrogen-bond acceptors (Lipinski definition) is 6. The number of amides is 3. The fourth-order valence-electron chi connectivity index (χ4n) is 2.94. The summed E-state index contributed by atoms with van der Waals surface area (Å²) in [5.41, 5.74) is 7.70. The van der Waals surface area contributed by atoms with Crippen LogP contribution in [0.4, 0.5) is 0 Å². The molecule has 12 nitrogen and oxygen atoms in total. The lowest BCUT2D eigenvalue weighted by molar-refractivity contribution is -0.143. The summed E-state index contributed by atoms with van der Waals surface area (Å²) in [4.78, 5) is 60.5. The van der Waals surface area contributed by atoms with E-state index in [2.05, 4.69) is 20.9 Å². The Morgan fingerprint density at radius 2 is 1.69 bits per heavy atom. The third-order valence-corrected chi connectivity index (χ3v) is 4.60. The molecule has 2 aromatic rings. The number of nitrogens with two attached hydrogens (primary N) is 1. The molecule has 0 saturated carbocycles. The molecular weight excluding hydrogens is 422 g/mol. The van der Waals surface area contributed by atoms with Gasteiger partial charge in [-0.1, -0.05) is 18.2 Å². The van der Waals surface area contributed by atoms with E-state index in [1.165, 1.54) is 0 Å². The second-order valence-corrected chi connectivity index (χ2v) is 7.06. The fraction of sp³-hybridized carbons (Fsp3) is 0.350. The molecule has 8 N–H and O–H groups in total. The average Bonchev–Trinajstić information content (AvgIpc) is 3.15. The molecule has 0 saturated heterocycles. The number of carboxylic acid groups (broad SMARTS) is 2. The van der Waals surface area contributed by atoms with E-state index in [1.807, 2.05) is 24.3 Å². The van der Waals surface area contributed by atoms with E-state index < -0.39 is 61.3 Å². The molecule has 32 heavy (non-hydrogen) atoms. The van der Waals surface area contributed by atoms with Gasteiger partial charge in [0.2, 0.25) is 17.7 Å². The predicted octanol–water partition coefficient (Wildman–Crippen LogP) is -1.30. The lowest BCUT2D eigenvalue weighted by atomic mass is 10.1. The zero-order chi connectivity index (χ0) is 23.7. The molecule has 0 spiro atoms. The van der Waals surface area contributed by atoms with E-state index in [4.69, 9.17) is 15.9 Å². The third-order valence-electron chi connectivity index (χ3n) is 4.60. The summed E-state index contributed by atoms with van der Waals surface area (Å²) in [5, 5.41) is 25.3. The molecule has 2 rings (SSSR count). The van der Waals surface area contributed by atoms with Crippen LogP contribution in [-0.2, 0) is 30.4 Å². The van der Waals surface area contributed by atoms with E-state index in [1.54, 1.807) is 6.20 Å². The van der Waals surface area contributed by atoms with Crippen molar-refractivity contribution in [1.29, 1.82) is 0 Å². The molecule has 2 atom stereocenters. The van der Waals surface area contributed by atoms with E-state index in [0.717, 1.165) is 16.5 Å². The molecular formula is C20H25N5O7. The van der Waals surface area contributed by atoms with Crippen LogP contribution in [0.5, 0.6) is 0 Å². The van der Waals surface area contributed by atoms with Crippen molar-refractivity contribution < 1.29 is 34.2 Å². The van der Waals surface area contributed by atoms with Gasteiger partial charge in [-0.25, -0.2) is 4.79 Å². The largest absolute Gasteiger partial charge is 0.481 e. The molecule has 1 aromatic carbocycles. The summed E-state index contributed by atoms with van der Waals surface area (Å²) in [6.45, 7) is -0.956. The third kappa shape index (κ3) is 7.40. The maximum Gasteiger partial charge on any atom is 0.326 e. The smallest absolute Gasteiger partial charge is 0.326 e. The first kappa shape index (κ1) is 24.3. The van der Waals surface area contributed by atoms with Crippen molar-refractivity contribution in [3.05, 3.63) is 36.0 Å². The molecule has 0 aliphatic rings. The van der Waals surface area contributed by atoms with Gasteiger partial charge >= 0.3 is 11.9 Å². The molecule has 0 fully saturated rings. The summed E-state index contributed by atoms with van der Waals surface area (Å²) in [5.74, 6) is -4.61. The van der Waals surface area contributed by atoms with Crippen LogP contribution in [0.3, 0.4) is 0 Å². The topological polar surface area (TPSA) is 204 Å². The van der Waals surface area contributed by atoms with Crippen LogP contribution in [-0.4, -0.2) is 70.0 Å². The van der Waals surface area contributed by atoms with Crippen LogP contribution in [0.25, 0.3) is 10.9 Å². The number of aromatic nitrogens is 1. The standard InChI is InChI=1S/C20H25N5O7/c21-13(7-11-8-22-14-4-2-1-3-12(11)14)19(30)24-9-16(26)23-10-17(27)25-15(20(31)32)5-6-18(28)29/h1-4,8,13,15,22H,5-7,9-10,21H2,(H,23,26)(H,24,30)(H,25,27)(H,28,29)(H,31,32). The van der Waals surface area contributed by atoms with E-state index in [9.17, 15) is 24.0 Å². The lowest BCUT2D eigenvalue weighted by Gasteiger charge is -2.14. The van der Waals surface area contributed by atoms with E-state index >= 15 is 0 Å². The van der Waals surface area contributed by atoms with Gasteiger partial charge in [-0.3, -0.25) is 19.2 Å². The summed E-state index contributed by atoms with van der Waals surface area (Å²) >= 11 is 0. The molecule has 1 aromatic heterocycles. The Bertz CT molecular complexity index is 1000.